The number of amides is 3. The molecular weight excluding hydrogens is 1770 g/mol. The average molecular weight is 1850 g/mol. The number of hydrogen-bond acceptors (Lipinski definition) is 11. The van der Waals surface area contributed by atoms with Crippen LogP contribution in [0.4, 0.5) is 17.6 Å². The summed E-state index contributed by atoms with van der Waals surface area (Å²) < 4.78 is 111. The molecule has 8 heterocycles. The van der Waals surface area contributed by atoms with Crippen LogP contribution < -0.4 is 18.9 Å². The van der Waals surface area contributed by atoms with Gasteiger partial charge in [-0.2, -0.15) is 4.31 Å². The number of methoxy groups -OCH3 is 4. The van der Waals surface area contributed by atoms with Crippen molar-refractivity contribution in [3.05, 3.63) is 356 Å². The predicted octanol–water partition coefficient (Wildman–Crippen LogP) is 22.5. The van der Waals surface area contributed by atoms with Crippen molar-refractivity contribution in [1.82, 2.24) is 38.9 Å². The molecule has 11 aromatic carbocycles. The Labute approximate surface area is 757 Å². The number of H-pyrrole nitrogens is 4. The Morgan fingerprint density at radius 2 is 0.748 bits per heavy atom. The van der Waals surface area contributed by atoms with Crippen molar-refractivity contribution >= 4 is 147 Å². The fraction of sp³-hybridized carbons (Fsp3) is 0.196. The Morgan fingerprint density at radius 3 is 1.13 bits per heavy atom. The van der Waals surface area contributed by atoms with E-state index in [1.165, 1.54) is 34.3 Å². The number of rotatable bonds is 14. The standard InChI is InChI=1S/C25H19Cl2FN2O2.C25H18ClF3N2O2.C24H20Cl2N2O3S.C23H23ClN2O4/c1-32-17-6-2-14(3-7-17)24-23-18(19-13-16(26)5-9-22(19)29-23)10-11-30(24)25(31)15-4-8-21(28)20(27)12-15;1-33-15-5-2-13(3-6-15)24-23-16(18-12-14(26)4-9-20(18)30-23)10-11-31(24)25(32)17-7-8-19(27)22(29)21(17)28;1-31-17-9-6-15(7-10-17)24-23-18(19-14-16(25)8-11-21(19)27-23)12-13-28(24)32(29,30)22-5-3-2-4-20(22)26;1-13(30-14(2)27)23(28)26-11-10-18-19-12-16(24)6-9-20(19)25-21(18)22(26)15-4-7-17(29-3)8-5-15/h2-9,12-13,24,29H,10-11H2,1H3;2-9,12,24,30H,10-11H2,1H3;2-11,14,24,27H,12-13H2,1H3;4-9,12-13,22,25H,10-11H2,1-3H3. The van der Waals surface area contributed by atoms with Crippen molar-refractivity contribution in [2.24, 2.45) is 0 Å². The Kier molecular flexibility index (Phi) is 25.9. The molecule has 0 spiro atoms. The lowest BCUT2D eigenvalue weighted by Crippen LogP contribution is -2.45. The number of carbonyl (C=O) groups is 4. The summed E-state index contributed by atoms with van der Waals surface area (Å²) in [6, 6.07) is 63.1. The summed E-state index contributed by atoms with van der Waals surface area (Å²) in [5.74, 6) is -3.89. The van der Waals surface area contributed by atoms with Gasteiger partial charge in [-0.15, -0.1) is 0 Å². The number of aromatic amines is 4. The highest BCUT2D eigenvalue weighted by Crippen LogP contribution is 2.47. The molecule has 0 saturated carbocycles. The Balaban J connectivity index is 0.000000125. The molecule has 127 heavy (non-hydrogen) atoms. The maximum absolute atomic E-state index is 14.5. The molecule has 19 nitrogen and oxygen atoms in total. The second-order valence-corrected chi connectivity index (χ2v) is 35.1. The van der Waals surface area contributed by atoms with Crippen LogP contribution in [-0.4, -0.2) is 132 Å². The molecule has 0 radical (unpaired) electrons. The van der Waals surface area contributed by atoms with Crippen LogP contribution >= 0.6 is 69.6 Å². The first-order chi connectivity index (χ1) is 61.1. The molecule has 0 aliphatic carbocycles. The summed E-state index contributed by atoms with van der Waals surface area (Å²) in [7, 11) is 2.51. The molecule has 19 rings (SSSR count). The Bertz CT molecular complexity index is 6880. The van der Waals surface area contributed by atoms with Crippen molar-refractivity contribution in [2.45, 2.75) is 74.7 Å². The van der Waals surface area contributed by atoms with E-state index < -0.39 is 68.9 Å². The highest BCUT2D eigenvalue weighted by molar-refractivity contribution is 7.89. The fourth-order valence-electron chi connectivity index (χ4n) is 17.4. The first kappa shape index (κ1) is 88.5. The third kappa shape index (κ3) is 17.6. The maximum atomic E-state index is 14.5. The van der Waals surface area contributed by atoms with Gasteiger partial charge in [-0.3, -0.25) is 19.2 Å². The second-order valence-electron chi connectivity index (χ2n) is 30.7. The number of esters is 1. The highest BCUT2D eigenvalue weighted by Gasteiger charge is 2.43. The lowest BCUT2D eigenvalue weighted by Gasteiger charge is -2.37. The smallest absolute Gasteiger partial charge is 0.303 e. The van der Waals surface area contributed by atoms with Crippen LogP contribution in [0.15, 0.2) is 229 Å². The molecule has 4 aromatic heterocycles. The summed E-state index contributed by atoms with van der Waals surface area (Å²) >= 11 is 37.2. The van der Waals surface area contributed by atoms with Crippen LogP contribution in [0.25, 0.3) is 43.6 Å². The van der Waals surface area contributed by atoms with E-state index in [1.54, 1.807) is 87.6 Å². The number of nitrogens with one attached hydrogen (secondary N) is 4. The topological polar surface area (TPSA) is 225 Å². The molecule has 4 aliphatic heterocycles. The molecule has 5 unspecified atom stereocenters. The quantitative estimate of drug-likeness (QED) is 0.0455. The molecule has 30 heteroatoms. The normalized spacial score (nSPS) is 16.2. The molecule has 650 valence electrons. The van der Waals surface area contributed by atoms with Gasteiger partial charge in [0.05, 0.1) is 68.2 Å². The van der Waals surface area contributed by atoms with E-state index in [0.717, 1.165) is 135 Å². The monoisotopic (exact) mass is 1850 g/mol. The molecule has 15 aromatic rings. The van der Waals surface area contributed by atoms with E-state index in [4.69, 9.17) is 93.3 Å². The average Bonchev–Trinajstić information content (AvgIpc) is 1.65. The third-order valence-corrected chi connectivity index (χ3v) is 27.0. The summed E-state index contributed by atoms with van der Waals surface area (Å²) in [5, 5.41) is 6.79. The molecule has 0 saturated heterocycles. The highest BCUT2D eigenvalue weighted by atomic mass is 35.5. The van der Waals surface area contributed by atoms with Crippen molar-refractivity contribution in [1.29, 1.82) is 0 Å². The number of sulfonamides is 1. The number of benzene rings is 11. The van der Waals surface area contributed by atoms with Gasteiger partial charge < -0.3 is 58.3 Å². The summed E-state index contributed by atoms with van der Waals surface area (Å²) in [5.41, 5.74) is 14.9. The zero-order valence-electron chi connectivity index (χ0n) is 68.9. The number of aromatic nitrogens is 4. The molecule has 0 fully saturated rings. The zero-order valence-corrected chi connectivity index (χ0v) is 74.2. The molecular formula is C97H80Cl6F4N8O11S. The van der Waals surface area contributed by atoms with Crippen LogP contribution in [-0.2, 0) is 50.0 Å². The van der Waals surface area contributed by atoms with Crippen LogP contribution in [0.3, 0.4) is 0 Å². The summed E-state index contributed by atoms with van der Waals surface area (Å²) in [6.45, 7) is 4.48. The van der Waals surface area contributed by atoms with Crippen LogP contribution in [0.1, 0.15) is 126 Å². The second kappa shape index (κ2) is 37.1. The van der Waals surface area contributed by atoms with Gasteiger partial charge in [0.25, 0.3) is 17.7 Å². The fourth-order valence-corrected chi connectivity index (χ4v) is 20.4. The van der Waals surface area contributed by atoms with Gasteiger partial charge >= 0.3 is 5.97 Å². The minimum atomic E-state index is -3.87. The summed E-state index contributed by atoms with van der Waals surface area (Å²) in [6.07, 6.45) is 1.54. The molecule has 4 aliphatic rings. The number of nitrogens with zero attached hydrogens (tertiary/aromatic N) is 4. The summed E-state index contributed by atoms with van der Waals surface area (Å²) in [4.78, 5) is 70.5. The van der Waals surface area contributed by atoms with Crippen molar-refractivity contribution in [3.63, 3.8) is 0 Å². The van der Waals surface area contributed by atoms with Crippen molar-refractivity contribution in [2.75, 3.05) is 54.6 Å². The minimum absolute atomic E-state index is 0.0743. The van der Waals surface area contributed by atoms with E-state index in [1.807, 2.05) is 152 Å². The van der Waals surface area contributed by atoms with E-state index in [9.17, 15) is 45.2 Å². The minimum Gasteiger partial charge on any atom is -0.497 e. The third-order valence-electron chi connectivity index (χ3n) is 23.4. The zero-order chi connectivity index (χ0) is 89.6. The number of hydrogen-bond donors (Lipinski definition) is 4. The lowest BCUT2D eigenvalue weighted by molar-refractivity contribution is -0.158. The number of carbonyl (C=O) groups excluding carboxylic acids is 4. The van der Waals surface area contributed by atoms with Gasteiger partial charge in [-0.25, -0.2) is 26.0 Å². The van der Waals surface area contributed by atoms with E-state index in [0.29, 0.717) is 82.5 Å². The first-order valence-electron chi connectivity index (χ1n) is 40.3. The van der Waals surface area contributed by atoms with Crippen molar-refractivity contribution in [3.8, 4) is 23.0 Å². The Hall–Kier alpha value is -12.0. The van der Waals surface area contributed by atoms with Gasteiger partial charge in [0.15, 0.2) is 23.6 Å². The number of halogens is 10. The van der Waals surface area contributed by atoms with Crippen LogP contribution in [0.5, 0.6) is 23.0 Å². The van der Waals surface area contributed by atoms with Gasteiger partial charge in [0.1, 0.15) is 33.7 Å². The molecule has 0 bridgehead atoms. The van der Waals surface area contributed by atoms with E-state index >= 15 is 0 Å². The lowest BCUT2D eigenvalue weighted by atomic mass is 9.91. The van der Waals surface area contributed by atoms with Gasteiger partial charge in [-0.1, -0.05) is 130 Å². The van der Waals surface area contributed by atoms with Crippen LogP contribution in [0, 0.1) is 23.3 Å². The SMILES string of the molecule is COc1ccc(C2c3[nH]c4ccc(Cl)cc4c3CCN2C(=O)C(C)OC(C)=O)cc1.COc1ccc(C2c3[nH]c4ccc(Cl)cc4c3CCN2C(=O)c2ccc(F)c(Cl)c2)cc1.COc1ccc(C2c3[nH]c4ccc(Cl)cc4c3CCN2C(=O)c2ccc(F)c(F)c2F)cc1.COc1ccc(C2c3[nH]c4ccc(Cl)cc4c3CCN2S(=O)(=O)c2ccccc2Cl)cc1. The molecule has 3 amide bonds. The number of fused-ring (bicyclic) bond motifs is 12. The largest absolute Gasteiger partial charge is 0.497 e. The molecule has 5 atom stereocenters. The predicted molar refractivity (Wildman–Crippen MR) is 485 cm³/mol. The Morgan fingerprint density at radius 1 is 0.394 bits per heavy atom. The van der Waals surface area contributed by atoms with Gasteiger partial charge in [0.2, 0.25) is 10.0 Å². The number of ether oxygens (including phenoxy) is 5. The van der Waals surface area contributed by atoms with Crippen LogP contribution in [0.2, 0.25) is 30.1 Å². The first-order valence-corrected chi connectivity index (χ1v) is 44.0. The van der Waals surface area contributed by atoms with Gasteiger partial charge in [0, 0.05) is 125 Å². The maximum Gasteiger partial charge on any atom is 0.303 e. The van der Waals surface area contributed by atoms with E-state index in [2.05, 4.69) is 19.9 Å². The molecule has 4 N–H and O–H groups in total. The van der Waals surface area contributed by atoms with Gasteiger partial charge in [-0.05, 0) is 241 Å². The van der Waals surface area contributed by atoms with Crippen molar-refractivity contribution < 1.29 is 68.8 Å². The van der Waals surface area contributed by atoms with E-state index in [-0.39, 0.29) is 45.4 Å².